The maximum Gasteiger partial charge on any atom is 0.216 e. The van der Waals surface area contributed by atoms with E-state index in [1.807, 2.05) is 0 Å². The molecule has 1 aliphatic rings. The van der Waals surface area contributed by atoms with Gasteiger partial charge in [-0.3, -0.25) is 0 Å². The maximum absolute atomic E-state index is 5.77. The van der Waals surface area contributed by atoms with Gasteiger partial charge < -0.3 is 4.74 Å². The normalized spacial score (nSPS) is 15.7. The largest absolute Gasteiger partial charge is 0.475 e. The van der Waals surface area contributed by atoms with Crippen molar-refractivity contribution in [3.05, 3.63) is 84.4 Å². The molecule has 0 atom stereocenters. The summed E-state index contributed by atoms with van der Waals surface area (Å²) >= 11 is 0. The molecule has 0 fully saturated rings. The van der Waals surface area contributed by atoms with Crippen molar-refractivity contribution < 1.29 is 4.74 Å². The first kappa shape index (κ1) is 16.1. The average Bonchev–Trinajstić information content (AvgIpc) is 3.06. The second kappa shape index (κ2) is 5.95. The molecule has 0 saturated heterocycles. The Kier molecular flexibility index (Phi) is 3.54. The third kappa shape index (κ3) is 2.87. The minimum atomic E-state index is -0.134. The molecule has 1 heterocycles. The van der Waals surface area contributed by atoms with Crippen LogP contribution in [0.3, 0.4) is 0 Å². The van der Waals surface area contributed by atoms with Gasteiger partial charge in [0.1, 0.15) is 6.61 Å². The first-order valence-corrected chi connectivity index (χ1v) is 9.34. The summed E-state index contributed by atoms with van der Waals surface area (Å²) < 4.78 is 5.77. The van der Waals surface area contributed by atoms with E-state index in [0.717, 1.165) is 11.5 Å². The van der Waals surface area contributed by atoms with Gasteiger partial charge in [0.05, 0.1) is 5.54 Å². The van der Waals surface area contributed by atoms with E-state index in [9.17, 15) is 0 Å². The molecule has 0 radical (unpaired) electrons. The Labute approximate surface area is 159 Å². The Morgan fingerprint density at radius 1 is 0.741 bits per heavy atom. The van der Waals surface area contributed by atoms with E-state index < -0.39 is 0 Å². The highest BCUT2D eigenvalue weighted by Gasteiger charge is 2.26. The van der Waals surface area contributed by atoms with Gasteiger partial charge in [-0.05, 0) is 70.8 Å². The molecule has 2 nitrogen and oxygen atoms in total. The fourth-order valence-electron chi connectivity index (χ4n) is 3.74. The Morgan fingerprint density at radius 3 is 2.11 bits per heavy atom. The van der Waals surface area contributed by atoms with Gasteiger partial charge >= 0.3 is 0 Å². The zero-order chi connectivity index (χ0) is 18.4. The van der Waals surface area contributed by atoms with E-state index in [0.29, 0.717) is 6.61 Å². The highest BCUT2D eigenvalue weighted by Crippen LogP contribution is 2.32. The predicted molar refractivity (Wildman–Crippen MR) is 113 cm³/mol. The fourth-order valence-corrected chi connectivity index (χ4v) is 3.74. The number of nitrogens with zero attached hydrogens (tertiary/aromatic N) is 1. The lowest BCUT2D eigenvalue weighted by Crippen LogP contribution is -2.17. The van der Waals surface area contributed by atoms with Crippen LogP contribution in [0.5, 0.6) is 0 Å². The third-order valence-corrected chi connectivity index (χ3v) is 5.16. The van der Waals surface area contributed by atoms with Crippen LogP contribution in [0.1, 0.15) is 19.4 Å². The number of hydrogen-bond acceptors (Lipinski definition) is 2. The van der Waals surface area contributed by atoms with Crippen molar-refractivity contribution in [3.8, 4) is 11.1 Å². The summed E-state index contributed by atoms with van der Waals surface area (Å²) in [6, 6.07) is 28.1. The number of rotatable bonds is 2. The number of fused-ring (bicyclic) bond motifs is 2. The van der Waals surface area contributed by atoms with E-state index in [-0.39, 0.29) is 5.54 Å². The molecule has 2 heteroatoms. The van der Waals surface area contributed by atoms with E-state index in [1.54, 1.807) is 0 Å². The van der Waals surface area contributed by atoms with Gasteiger partial charge in [0.2, 0.25) is 5.90 Å². The molecular weight excluding hydrogens is 330 g/mol. The summed E-state index contributed by atoms with van der Waals surface area (Å²) in [7, 11) is 0. The van der Waals surface area contributed by atoms with Crippen LogP contribution in [-0.2, 0) is 4.74 Å². The summed E-state index contributed by atoms with van der Waals surface area (Å²) in [5, 5.41) is 5.08. The Balaban J connectivity index is 1.60. The van der Waals surface area contributed by atoms with E-state index in [4.69, 9.17) is 4.74 Å². The molecule has 0 aliphatic carbocycles. The lowest BCUT2D eigenvalue weighted by molar-refractivity contribution is 0.279. The second-order valence-electron chi connectivity index (χ2n) is 7.82. The van der Waals surface area contributed by atoms with Crippen LogP contribution >= 0.6 is 0 Å². The highest BCUT2D eigenvalue weighted by atomic mass is 16.5. The predicted octanol–water partition coefficient (Wildman–Crippen LogP) is 6.22. The van der Waals surface area contributed by atoms with Crippen molar-refractivity contribution in [1.29, 1.82) is 0 Å². The summed E-state index contributed by atoms with van der Waals surface area (Å²) in [4.78, 5) is 4.67. The van der Waals surface area contributed by atoms with E-state index in [2.05, 4.69) is 97.7 Å². The Morgan fingerprint density at radius 2 is 1.41 bits per heavy atom. The maximum atomic E-state index is 5.77. The Hall–Kier alpha value is -3.13. The smallest absolute Gasteiger partial charge is 0.216 e. The minimum Gasteiger partial charge on any atom is -0.475 e. The molecule has 1 aliphatic heterocycles. The van der Waals surface area contributed by atoms with Crippen LogP contribution in [0.2, 0.25) is 0 Å². The number of aliphatic imine (C=N–C) groups is 1. The molecule has 0 spiro atoms. The van der Waals surface area contributed by atoms with Crippen molar-refractivity contribution in [2.24, 2.45) is 4.99 Å². The van der Waals surface area contributed by atoms with Gasteiger partial charge in [0, 0.05) is 5.56 Å². The molecule has 4 aromatic rings. The van der Waals surface area contributed by atoms with Crippen LogP contribution in [-0.4, -0.2) is 18.0 Å². The van der Waals surface area contributed by atoms with Crippen LogP contribution in [0.15, 0.2) is 83.9 Å². The van der Waals surface area contributed by atoms with Crippen molar-refractivity contribution in [3.63, 3.8) is 0 Å². The van der Waals surface area contributed by atoms with Crippen molar-refractivity contribution >= 4 is 27.4 Å². The molecule has 132 valence electrons. The van der Waals surface area contributed by atoms with Gasteiger partial charge in [0.15, 0.2) is 0 Å². The molecule has 0 N–H and O–H groups in total. The van der Waals surface area contributed by atoms with Crippen molar-refractivity contribution in [2.75, 3.05) is 6.61 Å². The van der Waals surface area contributed by atoms with Gasteiger partial charge in [-0.1, -0.05) is 54.6 Å². The van der Waals surface area contributed by atoms with Crippen LogP contribution < -0.4 is 0 Å². The summed E-state index contributed by atoms with van der Waals surface area (Å²) in [6.45, 7) is 4.82. The minimum absolute atomic E-state index is 0.134. The zero-order valence-corrected chi connectivity index (χ0v) is 15.6. The van der Waals surface area contributed by atoms with Crippen LogP contribution in [0.4, 0.5) is 0 Å². The van der Waals surface area contributed by atoms with Crippen LogP contribution in [0, 0.1) is 0 Å². The number of ether oxygens (including phenoxy) is 1. The molecule has 0 bridgehead atoms. The number of hydrogen-bond donors (Lipinski definition) is 0. The van der Waals surface area contributed by atoms with E-state index in [1.165, 1.54) is 32.7 Å². The van der Waals surface area contributed by atoms with Crippen molar-refractivity contribution in [1.82, 2.24) is 0 Å². The molecule has 0 unspecified atom stereocenters. The summed E-state index contributed by atoms with van der Waals surface area (Å²) in [6.07, 6.45) is 0. The SMILES string of the molecule is CC1(C)COC(c2ccc(-c3cccc4cc5ccccc5cc34)cc2)=N1. The third-order valence-electron chi connectivity index (χ3n) is 5.16. The van der Waals surface area contributed by atoms with Gasteiger partial charge in [0.25, 0.3) is 0 Å². The van der Waals surface area contributed by atoms with Gasteiger partial charge in [-0.15, -0.1) is 0 Å². The van der Waals surface area contributed by atoms with E-state index >= 15 is 0 Å². The molecular formula is C25H21NO. The highest BCUT2D eigenvalue weighted by molar-refractivity contribution is 6.05. The van der Waals surface area contributed by atoms with Crippen molar-refractivity contribution in [2.45, 2.75) is 19.4 Å². The summed E-state index contributed by atoms with van der Waals surface area (Å²) in [5.74, 6) is 0.746. The fraction of sp³-hybridized carbons (Fsp3) is 0.160. The first-order valence-electron chi connectivity index (χ1n) is 9.34. The van der Waals surface area contributed by atoms with Gasteiger partial charge in [-0.25, -0.2) is 4.99 Å². The molecule has 0 aromatic heterocycles. The molecule has 0 saturated carbocycles. The summed E-state index contributed by atoms with van der Waals surface area (Å²) in [5.41, 5.74) is 3.36. The standard InChI is InChI=1S/C25H21NO/c1-25(2)16-27-24(26-25)18-12-10-17(11-13-18)22-9-5-8-21-14-19-6-3-4-7-20(19)15-23(21)22/h3-15H,16H2,1-2H3. The monoisotopic (exact) mass is 351 g/mol. The average molecular weight is 351 g/mol. The molecule has 4 aromatic carbocycles. The zero-order valence-electron chi connectivity index (χ0n) is 15.6. The quantitative estimate of drug-likeness (QED) is 0.393. The van der Waals surface area contributed by atoms with Crippen LogP contribution in [0.25, 0.3) is 32.7 Å². The number of benzene rings is 4. The first-order chi connectivity index (χ1) is 13.1. The van der Waals surface area contributed by atoms with Gasteiger partial charge in [-0.2, -0.15) is 0 Å². The molecule has 27 heavy (non-hydrogen) atoms. The molecule has 5 rings (SSSR count). The molecule has 0 amide bonds. The lowest BCUT2D eigenvalue weighted by Gasteiger charge is -2.10. The topological polar surface area (TPSA) is 21.6 Å². The lowest BCUT2D eigenvalue weighted by atomic mass is 9.95. The second-order valence-corrected chi connectivity index (χ2v) is 7.82. The Bertz CT molecular complexity index is 1190.